The van der Waals surface area contributed by atoms with Crippen LogP contribution in [-0.2, 0) is 14.3 Å². The Balaban J connectivity index is 3.30. The Kier molecular flexibility index (Phi) is 60.5. The van der Waals surface area contributed by atoms with E-state index in [4.69, 9.17) is 4.74 Å². The highest BCUT2D eigenvalue weighted by atomic mass is 16.5. The number of carbonyl (C=O) groups excluding carboxylic acids is 2. The van der Waals surface area contributed by atoms with Gasteiger partial charge in [-0.3, -0.25) is 9.59 Å². The van der Waals surface area contributed by atoms with Gasteiger partial charge in [0.1, 0.15) is 0 Å². The summed E-state index contributed by atoms with van der Waals surface area (Å²) in [6, 6.07) is -0.622. The summed E-state index contributed by atoms with van der Waals surface area (Å²) in [6.45, 7) is 4.88. The summed E-state index contributed by atoms with van der Waals surface area (Å²) in [5, 5.41) is 23.0. The molecule has 0 fully saturated rings. The number of rotatable bonds is 61. The molecular weight excluding hydrogens is 887 g/mol. The number of hydrogen-bond acceptors (Lipinski definition) is 5. The number of hydrogen-bond donors (Lipinski definition) is 3. The van der Waals surface area contributed by atoms with E-state index >= 15 is 0 Å². The van der Waals surface area contributed by atoms with E-state index in [1.165, 1.54) is 289 Å². The Morgan fingerprint density at radius 2 is 0.653 bits per heavy atom. The van der Waals surface area contributed by atoms with Gasteiger partial charge in [0.05, 0.1) is 25.4 Å². The van der Waals surface area contributed by atoms with Crippen molar-refractivity contribution in [2.45, 2.75) is 373 Å². The van der Waals surface area contributed by atoms with Crippen LogP contribution in [0.5, 0.6) is 0 Å². The van der Waals surface area contributed by atoms with Crippen LogP contribution in [0.15, 0.2) is 24.3 Å². The van der Waals surface area contributed by atoms with Gasteiger partial charge in [0.15, 0.2) is 0 Å². The number of aliphatic hydroxyl groups excluding tert-OH is 2. The molecule has 0 aliphatic heterocycles. The molecule has 6 heteroatoms. The van der Waals surface area contributed by atoms with Gasteiger partial charge in [0.2, 0.25) is 5.91 Å². The number of aliphatic hydroxyl groups is 2. The maximum atomic E-state index is 12.4. The second kappa shape index (κ2) is 61.9. The van der Waals surface area contributed by atoms with Crippen molar-refractivity contribution in [3.63, 3.8) is 0 Å². The summed E-state index contributed by atoms with van der Waals surface area (Å²) in [5.41, 5.74) is 0. The van der Waals surface area contributed by atoms with Crippen molar-refractivity contribution in [1.29, 1.82) is 0 Å². The molecular formula is C66H127NO5. The Morgan fingerprint density at radius 3 is 1.01 bits per heavy atom. The zero-order valence-electron chi connectivity index (χ0n) is 48.7. The molecule has 0 aliphatic carbocycles. The number of allylic oxidation sites excluding steroid dienone is 3. The molecule has 0 aromatic rings. The van der Waals surface area contributed by atoms with Crippen molar-refractivity contribution < 1.29 is 24.5 Å². The number of amides is 1. The zero-order valence-corrected chi connectivity index (χ0v) is 48.7. The van der Waals surface area contributed by atoms with Gasteiger partial charge in [-0.15, -0.1) is 0 Å². The highest BCUT2D eigenvalue weighted by Crippen LogP contribution is 2.18. The zero-order chi connectivity index (χ0) is 52.2. The average Bonchev–Trinajstić information content (AvgIpc) is 3.38. The van der Waals surface area contributed by atoms with Gasteiger partial charge in [-0.1, -0.05) is 314 Å². The molecule has 0 heterocycles. The molecule has 0 saturated heterocycles. The minimum atomic E-state index is -0.838. The first-order chi connectivity index (χ1) is 35.5. The lowest BCUT2D eigenvalue weighted by molar-refractivity contribution is -0.143. The summed E-state index contributed by atoms with van der Waals surface area (Å²) in [5.74, 6) is -0.0524. The molecule has 0 aromatic heterocycles. The molecule has 0 aliphatic rings. The van der Waals surface area contributed by atoms with Crippen molar-refractivity contribution in [3.05, 3.63) is 24.3 Å². The summed E-state index contributed by atoms with van der Waals surface area (Å²) in [6.07, 6.45) is 76.9. The third-order valence-electron chi connectivity index (χ3n) is 15.2. The van der Waals surface area contributed by atoms with Gasteiger partial charge in [0.25, 0.3) is 0 Å². The average molecular weight is 1010 g/mol. The van der Waals surface area contributed by atoms with E-state index in [-0.39, 0.29) is 18.5 Å². The normalized spacial score (nSPS) is 12.7. The predicted molar refractivity (Wildman–Crippen MR) is 315 cm³/mol. The molecule has 0 saturated carbocycles. The molecule has 72 heavy (non-hydrogen) atoms. The van der Waals surface area contributed by atoms with Crippen LogP contribution < -0.4 is 5.32 Å². The van der Waals surface area contributed by atoms with Gasteiger partial charge < -0.3 is 20.3 Å². The minimum absolute atomic E-state index is 0.0114. The van der Waals surface area contributed by atoms with Crippen LogP contribution >= 0.6 is 0 Å². The standard InChI is InChI=1S/C66H127NO5/c1-3-5-7-9-11-13-15-40-44-48-52-56-60-66(71)72-61-57-53-49-45-41-38-36-34-32-30-28-26-24-22-20-18-16-17-19-21-23-25-27-29-31-33-35-37-39-43-47-51-55-59-65(70)67-63(62-68)64(69)58-54-50-46-42-14-12-10-8-6-4-2/h11,13,54,58,63-64,68-69H,3-10,12,14-53,55-57,59-62H2,1-2H3,(H,67,70)/b13-11-,58-54+. The van der Waals surface area contributed by atoms with Crippen LogP contribution in [0.25, 0.3) is 0 Å². The number of nitrogens with one attached hydrogen (secondary N) is 1. The van der Waals surface area contributed by atoms with Crippen molar-refractivity contribution >= 4 is 11.9 Å². The monoisotopic (exact) mass is 1010 g/mol. The summed E-state index contributed by atoms with van der Waals surface area (Å²) >= 11 is 0. The topological polar surface area (TPSA) is 95.9 Å². The molecule has 0 radical (unpaired) electrons. The lowest BCUT2D eigenvalue weighted by atomic mass is 10.0. The van der Waals surface area contributed by atoms with E-state index in [1.54, 1.807) is 6.08 Å². The van der Waals surface area contributed by atoms with Gasteiger partial charge in [-0.2, -0.15) is 0 Å². The van der Waals surface area contributed by atoms with E-state index in [0.29, 0.717) is 19.4 Å². The van der Waals surface area contributed by atoms with Gasteiger partial charge >= 0.3 is 5.97 Å². The fourth-order valence-electron chi connectivity index (χ4n) is 10.2. The third kappa shape index (κ3) is 57.6. The number of carbonyl (C=O) groups is 2. The molecule has 0 rings (SSSR count). The summed E-state index contributed by atoms with van der Waals surface area (Å²) in [7, 11) is 0. The Morgan fingerprint density at radius 1 is 0.375 bits per heavy atom. The predicted octanol–water partition coefficient (Wildman–Crippen LogP) is 20.6. The maximum Gasteiger partial charge on any atom is 0.305 e. The number of unbranched alkanes of at least 4 members (excludes halogenated alkanes) is 48. The number of ether oxygens (including phenoxy) is 1. The van der Waals surface area contributed by atoms with E-state index in [1.807, 2.05) is 6.08 Å². The fraction of sp³-hybridized carbons (Fsp3) is 0.909. The highest BCUT2D eigenvalue weighted by Gasteiger charge is 2.18. The van der Waals surface area contributed by atoms with Crippen LogP contribution in [0.3, 0.4) is 0 Å². The molecule has 0 aromatic carbocycles. The smallest absolute Gasteiger partial charge is 0.305 e. The molecule has 3 N–H and O–H groups in total. The first kappa shape index (κ1) is 70.3. The largest absolute Gasteiger partial charge is 0.466 e. The van der Waals surface area contributed by atoms with E-state index in [0.717, 1.165) is 44.9 Å². The van der Waals surface area contributed by atoms with Crippen molar-refractivity contribution in [1.82, 2.24) is 5.32 Å². The first-order valence-corrected chi connectivity index (χ1v) is 32.6. The second-order valence-electron chi connectivity index (χ2n) is 22.5. The van der Waals surface area contributed by atoms with Crippen LogP contribution in [-0.4, -0.2) is 47.4 Å². The molecule has 0 spiro atoms. The first-order valence-electron chi connectivity index (χ1n) is 32.6. The minimum Gasteiger partial charge on any atom is -0.466 e. The van der Waals surface area contributed by atoms with Crippen molar-refractivity contribution in [3.8, 4) is 0 Å². The van der Waals surface area contributed by atoms with E-state index in [9.17, 15) is 19.8 Å². The lowest BCUT2D eigenvalue weighted by Crippen LogP contribution is -2.45. The highest BCUT2D eigenvalue weighted by molar-refractivity contribution is 5.76. The van der Waals surface area contributed by atoms with Crippen molar-refractivity contribution in [2.24, 2.45) is 0 Å². The number of esters is 1. The summed E-state index contributed by atoms with van der Waals surface area (Å²) in [4.78, 5) is 24.4. The Labute approximate surface area is 450 Å². The van der Waals surface area contributed by atoms with E-state index in [2.05, 4.69) is 31.3 Å². The van der Waals surface area contributed by atoms with Crippen LogP contribution in [0.1, 0.15) is 361 Å². The molecule has 2 atom stereocenters. The van der Waals surface area contributed by atoms with Crippen molar-refractivity contribution in [2.75, 3.05) is 13.2 Å². The fourth-order valence-corrected chi connectivity index (χ4v) is 10.2. The lowest BCUT2D eigenvalue weighted by Gasteiger charge is -2.20. The van der Waals surface area contributed by atoms with Gasteiger partial charge in [-0.05, 0) is 57.8 Å². The molecule has 2 unspecified atom stereocenters. The molecule has 6 nitrogen and oxygen atoms in total. The molecule has 426 valence electrons. The quantitative estimate of drug-likeness (QED) is 0.0320. The van der Waals surface area contributed by atoms with Crippen LogP contribution in [0.4, 0.5) is 0 Å². The summed E-state index contributed by atoms with van der Waals surface area (Å²) < 4.78 is 5.47. The molecule has 1 amide bonds. The van der Waals surface area contributed by atoms with Gasteiger partial charge in [-0.25, -0.2) is 0 Å². The Hall–Kier alpha value is -1.66. The second-order valence-corrected chi connectivity index (χ2v) is 22.5. The maximum absolute atomic E-state index is 12.4. The van der Waals surface area contributed by atoms with Gasteiger partial charge in [0, 0.05) is 12.8 Å². The SMILES string of the molecule is CCCCC/C=C\CCCCCCCC(=O)OCCCCCCCCCCCCCCCCCCCCCCCCCCCCCCCCCCCC(=O)NC(CO)C(O)/C=C/CCCCCCCCCC. The van der Waals surface area contributed by atoms with Crippen LogP contribution in [0, 0.1) is 0 Å². The third-order valence-corrected chi connectivity index (χ3v) is 15.2. The van der Waals surface area contributed by atoms with Crippen LogP contribution in [0.2, 0.25) is 0 Å². The van der Waals surface area contributed by atoms with E-state index < -0.39 is 12.1 Å². The molecule has 0 bridgehead atoms. The Bertz CT molecular complexity index is 1120.